The van der Waals surface area contributed by atoms with Crippen LogP contribution in [0.1, 0.15) is 41.8 Å². The lowest BCUT2D eigenvalue weighted by atomic mass is 10.1. The minimum Gasteiger partial charge on any atom is -0.490 e. The van der Waals surface area contributed by atoms with E-state index in [1.165, 1.54) is 0 Å². The number of rotatable bonds is 7. The number of amides is 1. The van der Waals surface area contributed by atoms with Crippen molar-refractivity contribution in [2.75, 3.05) is 18.5 Å². The lowest BCUT2D eigenvalue weighted by Crippen LogP contribution is -2.13. The summed E-state index contributed by atoms with van der Waals surface area (Å²) >= 11 is 6.32. The van der Waals surface area contributed by atoms with Gasteiger partial charge in [-0.1, -0.05) is 36.2 Å². The Balaban J connectivity index is 2.29. The summed E-state index contributed by atoms with van der Waals surface area (Å²) in [6.07, 6.45) is 0.858. The predicted molar refractivity (Wildman–Crippen MR) is 102 cm³/mol. The molecule has 0 aliphatic carbocycles. The molecule has 1 N–H and O–H groups in total. The van der Waals surface area contributed by atoms with Gasteiger partial charge in [-0.15, -0.1) is 0 Å². The molecule has 0 bridgehead atoms. The maximum Gasteiger partial charge on any atom is 0.255 e. The van der Waals surface area contributed by atoms with Gasteiger partial charge in [0.15, 0.2) is 11.5 Å². The molecule has 134 valence electrons. The molecule has 2 aromatic carbocycles. The first-order valence-corrected chi connectivity index (χ1v) is 8.81. The Hall–Kier alpha value is -2.20. The van der Waals surface area contributed by atoms with Gasteiger partial charge in [-0.05, 0) is 51.0 Å². The summed E-state index contributed by atoms with van der Waals surface area (Å²) in [4.78, 5) is 12.6. The predicted octanol–water partition coefficient (Wildman–Crippen LogP) is 5.40. The van der Waals surface area contributed by atoms with Crippen LogP contribution in [-0.4, -0.2) is 19.1 Å². The molecule has 0 aliphatic rings. The van der Waals surface area contributed by atoms with Gasteiger partial charge in [-0.3, -0.25) is 4.79 Å². The minimum absolute atomic E-state index is 0.239. The Morgan fingerprint density at radius 2 is 1.88 bits per heavy atom. The van der Waals surface area contributed by atoms with Gasteiger partial charge >= 0.3 is 0 Å². The van der Waals surface area contributed by atoms with E-state index in [1.807, 2.05) is 45.9 Å². The number of hydrogen-bond donors (Lipinski definition) is 1. The number of nitrogens with one attached hydrogen (secondary N) is 1. The number of anilines is 1. The second kappa shape index (κ2) is 8.77. The number of ether oxygens (including phenoxy) is 2. The average Bonchev–Trinajstić information content (AvgIpc) is 2.56. The highest BCUT2D eigenvalue weighted by atomic mass is 35.5. The van der Waals surface area contributed by atoms with Crippen LogP contribution in [0.5, 0.6) is 11.5 Å². The lowest BCUT2D eigenvalue weighted by Gasteiger charge is -2.15. The van der Waals surface area contributed by atoms with Crippen molar-refractivity contribution in [3.05, 3.63) is 52.0 Å². The number of hydrogen-bond acceptors (Lipinski definition) is 3. The average molecular weight is 362 g/mol. The Bertz CT molecular complexity index is 759. The monoisotopic (exact) mass is 361 g/mol. The summed E-state index contributed by atoms with van der Waals surface area (Å²) in [5.74, 6) is 0.722. The van der Waals surface area contributed by atoms with Crippen molar-refractivity contribution in [2.24, 2.45) is 0 Å². The molecule has 2 aromatic rings. The van der Waals surface area contributed by atoms with Crippen LogP contribution < -0.4 is 14.8 Å². The maximum atomic E-state index is 12.6. The van der Waals surface area contributed by atoms with E-state index in [4.69, 9.17) is 21.1 Å². The smallest absolute Gasteiger partial charge is 0.255 e. The highest BCUT2D eigenvalue weighted by Crippen LogP contribution is 2.37. The summed E-state index contributed by atoms with van der Waals surface area (Å²) in [7, 11) is 0. The SMILES string of the molecule is CCCOc1c(Cl)cc(C(=O)Nc2ccc(C)cc2C)cc1OCC. The second-order valence-electron chi connectivity index (χ2n) is 5.84. The molecule has 2 rings (SSSR count). The van der Waals surface area contributed by atoms with E-state index in [2.05, 4.69) is 5.32 Å². The van der Waals surface area contributed by atoms with Gasteiger partial charge in [0, 0.05) is 11.3 Å². The Morgan fingerprint density at radius 1 is 1.12 bits per heavy atom. The molecule has 4 nitrogen and oxygen atoms in total. The van der Waals surface area contributed by atoms with E-state index >= 15 is 0 Å². The van der Waals surface area contributed by atoms with Gasteiger partial charge in [0.2, 0.25) is 0 Å². The third kappa shape index (κ3) is 4.89. The van der Waals surface area contributed by atoms with Crippen molar-refractivity contribution in [1.82, 2.24) is 0 Å². The number of halogens is 1. The van der Waals surface area contributed by atoms with Gasteiger partial charge in [0.1, 0.15) is 0 Å². The molecule has 0 aromatic heterocycles. The van der Waals surface area contributed by atoms with Crippen LogP contribution in [0.2, 0.25) is 5.02 Å². The zero-order valence-electron chi connectivity index (χ0n) is 15.1. The highest BCUT2D eigenvalue weighted by Gasteiger charge is 2.17. The molecule has 1 amide bonds. The van der Waals surface area contributed by atoms with Crippen LogP contribution in [-0.2, 0) is 0 Å². The molecule has 0 unspecified atom stereocenters. The third-order valence-corrected chi connectivity index (χ3v) is 3.93. The summed E-state index contributed by atoms with van der Waals surface area (Å²) in [5.41, 5.74) is 3.36. The van der Waals surface area contributed by atoms with Gasteiger partial charge in [0.05, 0.1) is 18.2 Å². The summed E-state index contributed by atoms with van der Waals surface area (Å²) in [6, 6.07) is 9.15. The van der Waals surface area contributed by atoms with Crippen molar-refractivity contribution in [3.8, 4) is 11.5 Å². The topological polar surface area (TPSA) is 47.6 Å². The van der Waals surface area contributed by atoms with E-state index in [-0.39, 0.29) is 5.91 Å². The van der Waals surface area contributed by atoms with Crippen LogP contribution >= 0.6 is 11.6 Å². The van der Waals surface area contributed by atoms with E-state index in [0.29, 0.717) is 35.3 Å². The fourth-order valence-corrected chi connectivity index (χ4v) is 2.72. The van der Waals surface area contributed by atoms with Gasteiger partial charge < -0.3 is 14.8 Å². The van der Waals surface area contributed by atoms with Crippen LogP contribution in [0.15, 0.2) is 30.3 Å². The molecule has 0 spiro atoms. The van der Waals surface area contributed by atoms with Crippen LogP contribution in [0.25, 0.3) is 0 Å². The van der Waals surface area contributed by atoms with Crippen molar-refractivity contribution in [2.45, 2.75) is 34.1 Å². The molecular formula is C20H24ClNO3. The van der Waals surface area contributed by atoms with Crippen LogP contribution in [0.3, 0.4) is 0 Å². The summed E-state index contributed by atoms with van der Waals surface area (Å²) in [6.45, 7) is 8.86. The largest absolute Gasteiger partial charge is 0.490 e. The molecule has 5 heteroatoms. The molecule has 0 saturated carbocycles. The molecule has 0 heterocycles. The number of benzene rings is 2. The first-order valence-electron chi connectivity index (χ1n) is 8.44. The zero-order valence-corrected chi connectivity index (χ0v) is 15.9. The normalized spacial score (nSPS) is 10.4. The first kappa shape index (κ1) is 19.1. The number of aryl methyl sites for hydroxylation is 2. The minimum atomic E-state index is -0.239. The maximum absolute atomic E-state index is 12.6. The van der Waals surface area contributed by atoms with E-state index < -0.39 is 0 Å². The molecule has 0 aliphatic heterocycles. The second-order valence-corrected chi connectivity index (χ2v) is 6.25. The van der Waals surface area contributed by atoms with E-state index in [0.717, 1.165) is 23.2 Å². The fraction of sp³-hybridized carbons (Fsp3) is 0.350. The standard InChI is InChI=1S/C20H24ClNO3/c1-5-9-25-19-16(21)11-15(12-18(19)24-6-2)20(23)22-17-8-7-13(3)10-14(17)4/h7-8,10-12H,5-6,9H2,1-4H3,(H,22,23). The van der Waals surface area contributed by atoms with Crippen molar-refractivity contribution < 1.29 is 14.3 Å². The molecule has 0 saturated heterocycles. The van der Waals surface area contributed by atoms with Gasteiger partial charge in [-0.2, -0.15) is 0 Å². The third-order valence-electron chi connectivity index (χ3n) is 3.65. The summed E-state index contributed by atoms with van der Waals surface area (Å²) in [5, 5.41) is 3.28. The van der Waals surface area contributed by atoms with Crippen molar-refractivity contribution >= 4 is 23.2 Å². The molecule has 0 fully saturated rings. The number of carbonyl (C=O) groups is 1. The van der Waals surface area contributed by atoms with Crippen LogP contribution in [0.4, 0.5) is 5.69 Å². The van der Waals surface area contributed by atoms with E-state index in [1.54, 1.807) is 12.1 Å². The highest BCUT2D eigenvalue weighted by molar-refractivity contribution is 6.32. The summed E-state index contributed by atoms with van der Waals surface area (Å²) < 4.78 is 11.3. The van der Waals surface area contributed by atoms with E-state index in [9.17, 15) is 4.79 Å². The molecule has 0 atom stereocenters. The van der Waals surface area contributed by atoms with Gasteiger partial charge in [0.25, 0.3) is 5.91 Å². The molecule has 25 heavy (non-hydrogen) atoms. The Morgan fingerprint density at radius 3 is 2.52 bits per heavy atom. The lowest BCUT2D eigenvalue weighted by molar-refractivity contribution is 0.102. The molecule has 0 radical (unpaired) electrons. The van der Waals surface area contributed by atoms with Gasteiger partial charge in [-0.25, -0.2) is 0 Å². The number of carbonyl (C=O) groups excluding carboxylic acids is 1. The Kier molecular flexibility index (Phi) is 6.71. The Labute approximate surface area is 154 Å². The van der Waals surface area contributed by atoms with Crippen LogP contribution in [0, 0.1) is 13.8 Å². The zero-order chi connectivity index (χ0) is 18.4. The van der Waals surface area contributed by atoms with Crippen molar-refractivity contribution in [1.29, 1.82) is 0 Å². The fourth-order valence-electron chi connectivity index (χ4n) is 2.45. The van der Waals surface area contributed by atoms with Crippen molar-refractivity contribution in [3.63, 3.8) is 0 Å². The quantitative estimate of drug-likeness (QED) is 0.718. The first-order chi connectivity index (χ1) is 12.0. The molecular weight excluding hydrogens is 338 g/mol.